The van der Waals surface area contributed by atoms with Crippen LogP contribution in [0.3, 0.4) is 0 Å². The SMILES string of the molecule is CNC(=O)c1cc2ccc(C3CCC3)c(C(=O)Nc3cc(C=N)c(NC)cc3F)c2[nH]c1=O. The van der Waals surface area contributed by atoms with E-state index in [2.05, 4.69) is 20.9 Å². The summed E-state index contributed by atoms with van der Waals surface area (Å²) in [4.78, 5) is 40.8. The minimum atomic E-state index is -0.654. The number of aromatic nitrogens is 1. The monoisotopic (exact) mass is 449 g/mol. The van der Waals surface area contributed by atoms with Gasteiger partial charge in [0.1, 0.15) is 11.4 Å². The van der Waals surface area contributed by atoms with Gasteiger partial charge in [-0.15, -0.1) is 0 Å². The number of halogens is 1. The summed E-state index contributed by atoms with van der Waals surface area (Å²) in [6.45, 7) is 0. The van der Waals surface area contributed by atoms with E-state index < -0.39 is 23.2 Å². The number of rotatable bonds is 6. The molecular formula is C24H24FN5O3. The number of pyridine rings is 1. The van der Waals surface area contributed by atoms with Crippen LogP contribution in [0, 0.1) is 11.2 Å². The summed E-state index contributed by atoms with van der Waals surface area (Å²) >= 11 is 0. The number of anilines is 2. The highest BCUT2D eigenvalue weighted by molar-refractivity contribution is 6.14. The first-order chi connectivity index (χ1) is 15.9. The number of hydrogen-bond acceptors (Lipinski definition) is 5. The molecule has 2 aromatic carbocycles. The van der Waals surface area contributed by atoms with E-state index in [0.717, 1.165) is 31.0 Å². The Morgan fingerprint density at radius 3 is 2.48 bits per heavy atom. The molecule has 0 bridgehead atoms. The maximum Gasteiger partial charge on any atom is 0.261 e. The molecule has 1 heterocycles. The molecule has 3 aromatic rings. The fourth-order valence-electron chi connectivity index (χ4n) is 4.11. The van der Waals surface area contributed by atoms with Crippen LogP contribution in [0.5, 0.6) is 0 Å². The van der Waals surface area contributed by atoms with Crippen molar-refractivity contribution in [3.63, 3.8) is 0 Å². The third kappa shape index (κ3) is 3.97. The molecule has 0 unspecified atom stereocenters. The molecule has 0 radical (unpaired) electrons. The van der Waals surface area contributed by atoms with Crippen molar-refractivity contribution in [3.8, 4) is 0 Å². The molecule has 8 nitrogen and oxygen atoms in total. The van der Waals surface area contributed by atoms with Gasteiger partial charge < -0.3 is 26.3 Å². The topological polar surface area (TPSA) is 127 Å². The minimum Gasteiger partial charge on any atom is -0.388 e. The number of amides is 2. The lowest BCUT2D eigenvalue weighted by atomic mass is 9.77. The summed E-state index contributed by atoms with van der Waals surface area (Å²) in [6.07, 6.45) is 3.93. The van der Waals surface area contributed by atoms with E-state index in [1.54, 1.807) is 13.1 Å². The van der Waals surface area contributed by atoms with Crippen LogP contribution in [0.4, 0.5) is 15.8 Å². The van der Waals surface area contributed by atoms with Crippen LogP contribution in [-0.2, 0) is 0 Å². The molecule has 1 aliphatic carbocycles. The van der Waals surface area contributed by atoms with Crippen molar-refractivity contribution in [1.82, 2.24) is 10.3 Å². The summed E-state index contributed by atoms with van der Waals surface area (Å²) < 4.78 is 14.7. The Labute approximate surface area is 189 Å². The van der Waals surface area contributed by atoms with Gasteiger partial charge in [-0.1, -0.05) is 18.6 Å². The lowest BCUT2D eigenvalue weighted by Crippen LogP contribution is -2.27. The van der Waals surface area contributed by atoms with Gasteiger partial charge in [0.15, 0.2) is 0 Å². The van der Waals surface area contributed by atoms with Crippen LogP contribution < -0.4 is 21.5 Å². The van der Waals surface area contributed by atoms with E-state index in [-0.39, 0.29) is 22.7 Å². The molecule has 5 N–H and O–H groups in total. The Kier molecular flexibility index (Phi) is 5.95. The highest BCUT2D eigenvalue weighted by Crippen LogP contribution is 2.40. The van der Waals surface area contributed by atoms with Crippen molar-refractivity contribution in [1.29, 1.82) is 5.41 Å². The van der Waals surface area contributed by atoms with Crippen molar-refractivity contribution in [2.24, 2.45) is 0 Å². The molecule has 4 rings (SSSR count). The first-order valence-corrected chi connectivity index (χ1v) is 10.6. The standard InChI is InChI=1S/C24H24FN5O3/c1-27-18-10-17(25)19(9-14(18)11-26)29-24(33)20-15(12-4-3-5-12)7-6-13-8-16(22(31)28-2)23(32)30-21(13)20/h6-12,26-27H,3-5H2,1-2H3,(H,28,31)(H,29,33)(H,30,32). The fourth-order valence-corrected chi connectivity index (χ4v) is 4.11. The molecule has 0 spiro atoms. The van der Waals surface area contributed by atoms with Gasteiger partial charge in [-0.25, -0.2) is 4.39 Å². The molecule has 33 heavy (non-hydrogen) atoms. The highest BCUT2D eigenvalue weighted by Gasteiger charge is 2.28. The van der Waals surface area contributed by atoms with E-state index in [1.165, 1.54) is 25.2 Å². The lowest BCUT2D eigenvalue weighted by molar-refractivity contribution is 0.0961. The summed E-state index contributed by atoms with van der Waals surface area (Å²) in [5.74, 6) is -1.60. The first kappa shape index (κ1) is 22.2. The van der Waals surface area contributed by atoms with Gasteiger partial charge in [-0.3, -0.25) is 14.4 Å². The molecule has 1 saturated carbocycles. The second-order valence-corrected chi connectivity index (χ2v) is 7.98. The predicted molar refractivity (Wildman–Crippen MR) is 126 cm³/mol. The Bertz CT molecular complexity index is 1340. The Morgan fingerprint density at radius 2 is 1.88 bits per heavy atom. The zero-order chi connectivity index (χ0) is 23.7. The van der Waals surface area contributed by atoms with Gasteiger partial charge in [-0.2, -0.15) is 0 Å². The van der Waals surface area contributed by atoms with E-state index >= 15 is 0 Å². The number of H-pyrrole nitrogens is 1. The molecule has 9 heteroatoms. The minimum absolute atomic E-state index is 0.0583. The van der Waals surface area contributed by atoms with Crippen LogP contribution in [-0.4, -0.2) is 37.1 Å². The van der Waals surface area contributed by atoms with E-state index in [4.69, 9.17) is 5.41 Å². The zero-order valence-electron chi connectivity index (χ0n) is 18.3. The van der Waals surface area contributed by atoms with Gasteiger partial charge in [0, 0.05) is 31.6 Å². The number of nitrogens with one attached hydrogen (secondary N) is 5. The van der Waals surface area contributed by atoms with Crippen molar-refractivity contribution in [2.45, 2.75) is 25.2 Å². The Balaban J connectivity index is 1.85. The summed E-state index contributed by atoms with van der Waals surface area (Å²) in [6, 6.07) is 7.65. The molecular weight excluding hydrogens is 425 g/mol. The summed E-state index contributed by atoms with van der Waals surface area (Å²) in [7, 11) is 3.05. The normalized spacial score (nSPS) is 13.3. The van der Waals surface area contributed by atoms with Crippen molar-refractivity contribution >= 4 is 40.3 Å². The molecule has 2 amide bonds. The predicted octanol–water partition coefficient (Wildman–Crippen LogP) is 3.59. The molecule has 0 aliphatic heterocycles. The Morgan fingerprint density at radius 1 is 1.12 bits per heavy atom. The second-order valence-electron chi connectivity index (χ2n) is 7.98. The molecule has 1 aliphatic rings. The van der Waals surface area contributed by atoms with Crippen LogP contribution in [0.2, 0.25) is 0 Å². The van der Waals surface area contributed by atoms with Gasteiger partial charge in [0.05, 0.1) is 16.8 Å². The van der Waals surface area contributed by atoms with E-state index in [1.807, 2.05) is 6.07 Å². The van der Waals surface area contributed by atoms with Crippen LogP contribution >= 0.6 is 0 Å². The number of fused-ring (bicyclic) bond motifs is 1. The van der Waals surface area contributed by atoms with Crippen molar-refractivity contribution in [2.75, 3.05) is 24.7 Å². The summed E-state index contributed by atoms with van der Waals surface area (Å²) in [5.41, 5.74) is 1.42. The largest absolute Gasteiger partial charge is 0.388 e. The first-order valence-electron chi connectivity index (χ1n) is 10.6. The number of carbonyl (C=O) groups is 2. The van der Waals surface area contributed by atoms with Crippen molar-refractivity contribution < 1.29 is 14.0 Å². The average molecular weight is 449 g/mol. The maximum absolute atomic E-state index is 14.7. The number of aromatic amines is 1. The third-order valence-electron chi connectivity index (χ3n) is 6.11. The third-order valence-corrected chi connectivity index (χ3v) is 6.11. The molecule has 170 valence electrons. The average Bonchev–Trinajstić information content (AvgIpc) is 2.77. The number of benzene rings is 2. The van der Waals surface area contributed by atoms with Crippen molar-refractivity contribution in [3.05, 3.63) is 68.8 Å². The molecule has 0 saturated heterocycles. The highest BCUT2D eigenvalue weighted by atomic mass is 19.1. The number of carbonyl (C=O) groups excluding carboxylic acids is 2. The van der Waals surface area contributed by atoms with Gasteiger partial charge in [0.25, 0.3) is 17.4 Å². The van der Waals surface area contributed by atoms with Gasteiger partial charge in [-0.05, 0) is 47.9 Å². The van der Waals surface area contributed by atoms with Crippen LogP contribution in [0.25, 0.3) is 10.9 Å². The smallest absolute Gasteiger partial charge is 0.261 e. The Hall–Kier alpha value is -4.01. The van der Waals surface area contributed by atoms with E-state index in [9.17, 15) is 18.8 Å². The van der Waals surface area contributed by atoms with Crippen LogP contribution in [0.1, 0.15) is 57.0 Å². The van der Waals surface area contributed by atoms with E-state index in [0.29, 0.717) is 22.2 Å². The lowest BCUT2D eigenvalue weighted by Gasteiger charge is -2.28. The van der Waals surface area contributed by atoms with Crippen LogP contribution in [0.15, 0.2) is 35.1 Å². The van der Waals surface area contributed by atoms with Gasteiger partial charge in [0.2, 0.25) is 0 Å². The number of hydrogen-bond donors (Lipinski definition) is 5. The summed E-state index contributed by atoms with van der Waals surface area (Å²) in [5, 5.41) is 15.9. The van der Waals surface area contributed by atoms with Gasteiger partial charge >= 0.3 is 0 Å². The quantitative estimate of drug-likeness (QED) is 0.369. The maximum atomic E-state index is 14.7. The zero-order valence-corrected chi connectivity index (χ0v) is 18.3. The second kappa shape index (κ2) is 8.85. The molecule has 0 atom stereocenters. The molecule has 1 aromatic heterocycles. The fraction of sp³-hybridized carbons (Fsp3) is 0.250. The molecule has 1 fully saturated rings.